The van der Waals surface area contributed by atoms with Gasteiger partial charge in [0.1, 0.15) is 6.54 Å². The van der Waals surface area contributed by atoms with Crippen molar-refractivity contribution in [2.45, 2.75) is 31.8 Å². The molecule has 7 nitrogen and oxygen atoms in total. The van der Waals surface area contributed by atoms with Crippen LogP contribution in [0.2, 0.25) is 0 Å². The Morgan fingerprint density at radius 1 is 1.28 bits per heavy atom. The van der Waals surface area contributed by atoms with Crippen molar-refractivity contribution in [3.8, 4) is 0 Å². The van der Waals surface area contributed by atoms with Crippen LogP contribution in [0.5, 0.6) is 0 Å². The van der Waals surface area contributed by atoms with E-state index in [4.69, 9.17) is 5.11 Å². The molecule has 1 heterocycles. The molecule has 136 valence electrons. The normalized spacial score (nSPS) is 18.1. The first-order chi connectivity index (χ1) is 11.9. The molecule has 1 aromatic carbocycles. The average molecular weight is 347 g/mol. The third-order valence-electron chi connectivity index (χ3n) is 4.49. The van der Waals surface area contributed by atoms with Gasteiger partial charge in [-0.2, -0.15) is 0 Å². The molecular weight excluding hydrogens is 322 g/mol. The van der Waals surface area contributed by atoms with Crippen molar-refractivity contribution in [3.63, 3.8) is 0 Å². The number of likely N-dealkylation sites (N-methyl/N-ethyl adjacent to an activating group) is 1. The maximum atomic E-state index is 12.7. The molecule has 0 radical (unpaired) electrons. The van der Waals surface area contributed by atoms with Crippen LogP contribution in [0, 0.1) is 0 Å². The lowest BCUT2D eigenvalue weighted by atomic mass is 10.1. The first-order valence-corrected chi connectivity index (χ1v) is 8.44. The van der Waals surface area contributed by atoms with Crippen LogP contribution in [0.25, 0.3) is 0 Å². The van der Waals surface area contributed by atoms with E-state index in [-0.39, 0.29) is 24.4 Å². The predicted molar refractivity (Wildman–Crippen MR) is 93.2 cm³/mol. The van der Waals surface area contributed by atoms with Crippen molar-refractivity contribution < 1.29 is 19.5 Å². The van der Waals surface area contributed by atoms with Crippen LogP contribution in [0.3, 0.4) is 0 Å². The maximum Gasteiger partial charge on any atom is 0.323 e. The van der Waals surface area contributed by atoms with Gasteiger partial charge < -0.3 is 15.3 Å². The number of amides is 2. The van der Waals surface area contributed by atoms with Crippen molar-refractivity contribution >= 4 is 17.8 Å². The van der Waals surface area contributed by atoms with Crippen molar-refractivity contribution in [3.05, 3.63) is 35.4 Å². The van der Waals surface area contributed by atoms with Gasteiger partial charge in [-0.25, -0.2) is 0 Å². The molecule has 0 aliphatic carbocycles. The highest BCUT2D eigenvalue weighted by Gasteiger charge is 2.30. The molecule has 0 bridgehead atoms. The molecule has 2 N–H and O–H groups in total. The van der Waals surface area contributed by atoms with Crippen LogP contribution < -0.4 is 5.32 Å². The summed E-state index contributed by atoms with van der Waals surface area (Å²) in [4.78, 5) is 38.6. The van der Waals surface area contributed by atoms with E-state index in [1.165, 1.54) is 4.90 Å². The minimum Gasteiger partial charge on any atom is -0.480 e. The topological polar surface area (TPSA) is 90.0 Å². The zero-order valence-corrected chi connectivity index (χ0v) is 14.7. The number of rotatable bonds is 6. The van der Waals surface area contributed by atoms with Gasteiger partial charge >= 0.3 is 5.97 Å². The van der Waals surface area contributed by atoms with Gasteiger partial charge in [0.05, 0.1) is 6.04 Å². The quantitative estimate of drug-likeness (QED) is 0.799. The van der Waals surface area contributed by atoms with E-state index in [2.05, 4.69) is 5.32 Å². The van der Waals surface area contributed by atoms with Crippen molar-refractivity contribution in [2.24, 2.45) is 0 Å². The monoisotopic (exact) mass is 347 g/mol. The summed E-state index contributed by atoms with van der Waals surface area (Å²) in [6.45, 7) is 0.811. The Morgan fingerprint density at radius 3 is 2.56 bits per heavy atom. The number of hydrogen-bond acceptors (Lipinski definition) is 4. The van der Waals surface area contributed by atoms with E-state index >= 15 is 0 Å². The number of carboxylic acid groups (broad SMARTS) is 1. The average Bonchev–Trinajstić information content (AvgIpc) is 2.76. The lowest BCUT2D eigenvalue weighted by Gasteiger charge is -2.29. The Hall–Kier alpha value is -2.41. The molecule has 1 atom stereocenters. The van der Waals surface area contributed by atoms with Gasteiger partial charge in [0.2, 0.25) is 5.91 Å². The van der Waals surface area contributed by atoms with E-state index in [1.54, 1.807) is 19.2 Å². The summed E-state index contributed by atoms with van der Waals surface area (Å²) in [6, 6.07) is 6.94. The Bertz CT molecular complexity index is 630. The molecule has 2 amide bonds. The molecule has 0 aromatic heterocycles. The molecule has 0 saturated carbocycles. The smallest absolute Gasteiger partial charge is 0.323 e. The number of benzene rings is 1. The summed E-state index contributed by atoms with van der Waals surface area (Å²) in [5.41, 5.74) is 1.59. The Labute approximate surface area is 147 Å². The van der Waals surface area contributed by atoms with E-state index in [0.717, 1.165) is 24.8 Å². The van der Waals surface area contributed by atoms with Gasteiger partial charge in [0, 0.05) is 25.7 Å². The minimum absolute atomic E-state index is 0.121. The molecule has 7 heteroatoms. The molecule has 0 spiro atoms. The highest BCUT2D eigenvalue weighted by atomic mass is 16.4. The summed E-state index contributed by atoms with van der Waals surface area (Å²) >= 11 is 0. The number of carbonyl (C=O) groups excluding carboxylic acids is 2. The highest BCUT2D eigenvalue weighted by molar-refractivity contribution is 5.93. The third kappa shape index (κ3) is 5.03. The molecule has 1 saturated heterocycles. The predicted octanol–water partition coefficient (Wildman–Crippen LogP) is 0.944. The fourth-order valence-corrected chi connectivity index (χ4v) is 3.12. The number of hydrogen-bond donors (Lipinski definition) is 2. The maximum absolute atomic E-state index is 12.7. The second-order valence-electron chi connectivity index (χ2n) is 6.36. The number of likely N-dealkylation sites (tertiary alicyclic amines) is 1. The Morgan fingerprint density at radius 2 is 1.96 bits per heavy atom. The number of nitrogens with one attached hydrogen (secondary N) is 1. The Balaban J connectivity index is 2.05. The van der Waals surface area contributed by atoms with E-state index in [9.17, 15) is 14.4 Å². The second-order valence-corrected chi connectivity index (χ2v) is 6.36. The number of nitrogens with zero attached hydrogens (tertiary/aromatic N) is 2. The van der Waals surface area contributed by atoms with Crippen molar-refractivity contribution in [1.29, 1.82) is 0 Å². The minimum atomic E-state index is -0.985. The number of carboxylic acids is 1. The zero-order chi connectivity index (χ0) is 18.4. The summed E-state index contributed by atoms with van der Waals surface area (Å²) in [7, 11) is 3.46. The van der Waals surface area contributed by atoms with Crippen LogP contribution in [-0.4, -0.2) is 65.9 Å². The fourth-order valence-electron chi connectivity index (χ4n) is 3.12. The summed E-state index contributed by atoms with van der Waals surface area (Å²) < 4.78 is 0. The molecule has 2 rings (SSSR count). The van der Waals surface area contributed by atoms with Gasteiger partial charge in [0.25, 0.3) is 5.91 Å². The summed E-state index contributed by atoms with van der Waals surface area (Å²) in [6.07, 6.45) is 2.44. The van der Waals surface area contributed by atoms with E-state index in [0.29, 0.717) is 18.7 Å². The SMILES string of the molecule is CNC(=O)c1ccc(CN(C)C2CCCCN(CC(=O)O)C2=O)cc1. The molecule has 1 aliphatic heterocycles. The van der Waals surface area contributed by atoms with Crippen LogP contribution in [0.1, 0.15) is 35.2 Å². The van der Waals surface area contributed by atoms with E-state index in [1.807, 2.05) is 24.1 Å². The van der Waals surface area contributed by atoms with Gasteiger partial charge in [0.15, 0.2) is 0 Å². The first-order valence-electron chi connectivity index (χ1n) is 8.44. The summed E-state index contributed by atoms with van der Waals surface area (Å²) in [5, 5.41) is 11.6. The molecule has 1 aromatic rings. The van der Waals surface area contributed by atoms with E-state index < -0.39 is 5.97 Å². The first kappa shape index (κ1) is 18.9. The lowest BCUT2D eigenvalue weighted by molar-refractivity contribution is -0.146. The van der Waals surface area contributed by atoms with Crippen LogP contribution in [-0.2, 0) is 16.1 Å². The number of carbonyl (C=O) groups is 3. The largest absolute Gasteiger partial charge is 0.480 e. The highest BCUT2D eigenvalue weighted by Crippen LogP contribution is 2.18. The summed E-state index contributed by atoms with van der Waals surface area (Å²) in [5.74, 6) is -1.24. The number of aliphatic carboxylic acids is 1. The Kier molecular flexibility index (Phi) is 6.52. The third-order valence-corrected chi connectivity index (χ3v) is 4.49. The molecule has 1 aliphatic rings. The van der Waals surface area contributed by atoms with Crippen LogP contribution in [0.15, 0.2) is 24.3 Å². The van der Waals surface area contributed by atoms with Crippen molar-refractivity contribution in [2.75, 3.05) is 27.2 Å². The molecular formula is C18H25N3O4. The molecule has 25 heavy (non-hydrogen) atoms. The molecule has 1 unspecified atom stereocenters. The van der Waals surface area contributed by atoms with Crippen LogP contribution in [0.4, 0.5) is 0 Å². The zero-order valence-electron chi connectivity index (χ0n) is 14.7. The second kappa shape index (κ2) is 8.62. The van der Waals surface area contributed by atoms with Crippen molar-refractivity contribution in [1.82, 2.24) is 15.1 Å². The van der Waals surface area contributed by atoms with Gasteiger partial charge in [-0.15, -0.1) is 0 Å². The van der Waals surface area contributed by atoms with Gasteiger partial charge in [-0.05, 0) is 44.0 Å². The van der Waals surface area contributed by atoms with Gasteiger partial charge in [-0.3, -0.25) is 19.3 Å². The fraction of sp³-hybridized carbons (Fsp3) is 0.500. The lowest BCUT2D eigenvalue weighted by Crippen LogP contribution is -2.47. The molecule has 1 fully saturated rings. The van der Waals surface area contributed by atoms with Gasteiger partial charge in [-0.1, -0.05) is 12.1 Å². The standard InChI is InChI=1S/C18H25N3O4/c1-19-17(24)14-8-6-13(7-9-14)11-20(2)15-5-3-4-10-21(18(15)25)12-16(22)23/h6-9,15H,3-5,10-12H2,1-2H3,(H,19,24)(H,22,23). The van der Waals surface area contributed by atoms with Crippen LogP contribution >= 0.6 is 0 Å².